The molecule has 0 aliphatic carbocycles. The van der Waals surface area contributed by atoms with Crippen LogP contribution in [0.25, 0.3) is 0 Å². The second kappa shape index (κ2) is 10.5. The zero-order valence-electron chi connectivity index (χ0n) is 4.54. The van der Waals surface area contributed by atoms with Crippen molar-refractivity contribution >= 4 is 7.82 Å². The Morgan fingerprint density at radius 3 is 1.38 bits per heavy atom. The Kier molecular flexibility index (Phi) is 29.5. The molecular formula is H2IKNaO4P. The van der Waals surface area contributed by atoms with E-state index in [-0.39, 0.29) is 105 Å². The quantitative estimate of drug-likeness (QED) is 0.263. The summed E-state index contributed by atoms with van der Waals surface area (Å²) in [5, 5.41) is 0. The normalized spacial score (nSPS) is 7.38. The number of halogens is 1. The molecule has 0 rings (SSSR count). The topological polar surface area (TPSA) is 80.6 Å². The monoisotopic (exact) mass is 286 g/mol. The fraction of sp³-hybridized carbons (Fsp3) is 0. The molecule has 0 bridgehead atoms. The second-order valence-electron chi connectivity index (χ2n) is 0.491. The molecule has 0 fully saturated rings. The van der Waals surface area contributed by atoms with Crippen molar-refractivity contribution in [1.29, 1.82) is 0 Å². The van der Waals surface area contributed by atoms with E-state index in [2.05, 4.69) is 0 Å². The Hall–Kier alpha value is 3.48. The minimum atomic E-state index is -4.89. The van der Waals surface area contributed by atoms with Gasteiger partial charge in [0.05, 0.1) is 0 Å². The van der Waals surface area contributed by atoms with Crippen LogP contribution in [0.1, 0.15) is 0 Å². The molecule has 0 saturated heterocycles. The molecule has 0 amide bonds. The van der Waals surface area contributed by atoms with Gasteiger partial charge in [-0.15, -0.1) is 0 Å². The van der Waals surface area contributed by atoms with E-state index in [4.69, 9.17) is 19.2 Å². The third-order valence-electron chi connectivity index (χ3n) is 0. The second-order valence-corrected chi connectivity index (χ2v) is 1.47. The maximum absolute atomic E-state index is 8.77. The summed E-state index contributed by atoms with van der Waals surface area (Å²) in [5.74, 6) is 0. The van der Waals surface area contributed by atoms with Crippen molar-refractivity contribution in [2.75, 3.05) is 0 Å². The van der Waals surface area contributed by atoms with E-state index in [0.717, 1.165) is 0 Å². The van der Waals surface area contributed by atoms with Crippen molar-refractivity contribution in [3.8, 4) is 0 Å². The van der Waals surface area contributed by atoms with Gasteiger partial charge in [-0.3, -0.25) is 4.57 Å². The molecule has 8 heavy (non-hydrogen) atoms. The van der Waals surface area contributed by atoms with E-state index < -0.39 is 7.82 Å². The van der Waals surface area contributed by atoms with Crippen molar-refractivity contribution in [2.24, 2.45) is 0 Å². The van der Waals surface area contributed by atoms with Gasteiger partial charge in [-0.1, -0.05) is 0 Å². The zero-order chi connectivity index (χ0) is 4.50. The first kappa shape index (κ1) is 22.5. The summed E-state index contributed by atoms with van der Waals surface area (Å²) in [5.41, 5.74) is 0. The van der Waals surface area contributed by atoms with E-state index in [9.17, 15) is 0 Å². The first-order valence-corrected chi connectivity index (χ1v) is 2.30. The minimum absolute atomic E-state index is 0. The molecule has 0 aromatic carbocycles. The van der Waals surface area contributed by atoms with Gasteiger partial charge in [0.25, 0.3) is 7.82 Å². The summed E-state index contributed by atoms with van der Waals surface area (Å²) in [6.45, 7) is 0. The van der Waals surface area contributed by atoms with E-state index in [1.54, 1.807) is 0 Å². The molecule has 8 heteroatoms. The molecule has 40 valence electrons. The van der Waals surface area contributed by atoms with Crippen molar-refractivity contribution < 1.29 is 124 Å². The summed E-state index contributed by atoms with van der Waals surface area (Å²) in [6, 6.07) is 0. The van der Waals surface area contributed by atoms with Crippen LogP contribution < -0.4 is 110 Å². The van der Waals surface area contributed by atoms with Crippen LogP contribution in [0.15, 0.2) is 0 Å². The largest absolute Gasteiger partial charge is 1.00 e. The van der Waals surface area contributed by atoms with Crippen molar-refractivity contribution in [3.05, 3.63) is 0 Å². The first-order valence-electron chi connectivity index (χ1n) is 0.765. The maximum atomic E-state index is 8.77. The Balaban J connectivity index is -0.0000000267. The number of hydrogen-bond acceptors (Lipinski definition) is 2. The summed E-state index contributed by atoms with van der Waals surface area (Å²) >= 11 is 0. The standard InChI is InChI=1S/HI.K.Na.H3O4P/c;;;1-5(2,3)4/h1H;;;(H3,1,2,3,4)/q;2*+1;/p-2. The van der Waals surface area contributed by atoms with Gasteiger partial charge < -0.3 is 38.7 Å². The van der Waals surface area contributed by atoms with Gasteiger partial charge in [-0.05, 0) is 0 Å². The van der Waals surface area contributed by atoms with E-state index in [1.807, 2.05) is 0 Å². The van der Waals surface area contributed by atoms with Crippen LogP contribution in [0.2, 0.25) is 0 Å². The summed E-state index contributed by atoms with van der Waals surface area (Å²) in [7, 11) is -4.89. The van der Waals surface area contributed by atoms with Crippen LogP contribution in [0, 0.1) is 0 Å². The maximum Gasteiger partial charge on any atom is 1.00 e. The number of phosphoric acid groups is 1. The Bertz CT molecular complexity index is 62.2. The van der Waals surface area contributed by atoms with Crippen LogP contribution >= 0.6 is 7.82 Å². The number of hydrogen-bond donors (Lipinski definition) is 2. The molecule has 0 aromatic rings. The Morgan fingerprint density at radius 1 is 1.38 bits per heavy atom. The average molecular weight is 286 g/mol. The Labute approximate surface area is 129 Å². The molecule has 4 nitrogen and oxygen atoms in total. The molecule has 0 saturated carbocycles. The third-order valence-corrected chi connectivity index (χ3v) is 0. The van der Waals surface area contributed by atoms with Gasteiger partial charge >= 0.3 is 80.9 Å². The zero-order valence-corrected chi connectivity index (χ0v) is 12.7. The average Bonchev–Trinajstić information content (AvgIpc) is 0.722. The molecule has 0 heterocycles. The van der Waals surface area contributed by atoms with Crippen LogP contribution in [0.3, 0.4) is 0 Å². The van der Waals surface area contributed by atoms with Crippen LogP contribution in [0.5, 0.6) is 0 Å². The van der Waals surface area contributed by atoms with E-state index in [1.165, 1.54) is 0 Å². The molecule has 2 N–H and O–H groups in total. The molecule has 0 spiro atoms. The van der Waals surface area contributed by atoms with Gasteiger partial charge in [0, 0.05) is 0 Å². The molecule has 0 aliphatic heterocycles. The SMILES string of the molecule is O=P([O-])(O)O.[I-].[K+].[Na+]. The molecule has 0 atom stereocenters. The van der Waals surface area contributed by atoms with Gasteiger partial charge in [-0.2, -0.15) is 0 Å². The summed E-state index contributed by atoms with van der Waals surface area (Å²) in [6.07, 6.45) is 0. The van der Waals surface area contributed by atoms with Crippen LogP contribution in [0.4, 0.5) is 0 Å². The molecule has 0 aromatic heterocycles. The third kappa shape index (κ3) is 56.3. The first-order chi connectivity index (χ1) is 2.00. The van der Waals surface area contributed by atoms with Crippen LogP contribution in [-0.4, -0.2) is 9.79 Å². The van der Waals surface area contributed by atoms with E-state index in [0.29, 0.717) is 0 Å². The fourth-order valence-electron chi connectivity index (χ4n) is 0. The predicted octanol–water partition coefficient (Wildman–Crippen LogP) is -10.5. The van der Waals surface area contributed by atoms with E-state index >= 15 is 0 Å². The summed E-state index contributed by atoms with van der Waals surface area (Å²) < 4.78 is 8.77. The molecule has 0 aliphatic rings. The molecule has 0 radical (unpaired) electrons. The van der Waals surface area contributed by atoms with Gasteiger partial charge in [-0.25, -0.2) is 0 Å². The van der Waals surface area contributed by atoms with Gasteiger partial charge in [0.1, 0.15) is 0 Å². The van der Waals surface area contributed by atoms with Gasteiger partial charge in [0.15, 0.2) is 0 Å². The molecule has 0 unspecified atom stereocenters. The number of rotatable bonds is 0. The predicted molar refractivity (Wildman–Crippen MR) is 12.0 cm³/mol. The van der Waals surface area contributed by atoms with Crippen molar-refractivity contribution in [3.63, 3.8) is 0 Å². The summed E-state index contributed by atoms with van der Waals surface area (Å²) in [4.78, 5) is 22.9. The fourth-order valence-corrected chi connectivity index (χ4v) is 0. The van der Waals surface area contributed by atoms with Crippen molar-refractivity contribution in [2.45, 2.75) is 0 Å². The smallest absolute Gasteiger partial charge is 1.00 e. The molecular weight excluding hydrogens is 284 g/mol. The van der Waals surface area contributed by atoms with Gasteiger partial charge in [0.2, 0.25) is 0 Å². The van der Waals surface area contributed by atoms with Crippen LogP contribution in [-0.2, 0) is 4.57 Å². The minimum Gasteiger partial charge on any atom is -1.00 e. The van der Waals surface area contributed by atoms with Crippen molar-refractivity contribution in [1.82, 2.24) is 0 Å². The Morgan fingerprint density at radius 2 is 1.38 bits per heavy atom.